The van der Waals surface area contributed by atoms with Crippen LogP contribution in [0.25, 0.3) is 0 Å². The minimum absolute atomic E-state index is 0.134. The molecule has 0 aliphatic rings. The van der Waals surface area contributed by atoms with Crippen molar-refractivity contribution in [3.63, 3.8) is 0 Å². The van der Waals surface area contributed by atoms with E-state index in [1.807, 2.05) is 6.92 Å². The van der Waals surface area contributed by atoms with Crippen LogP contribution in [0.5, 0.6) is 0 Å². The van der Waals surface area contributed by atoms with Gasteiger partial charge >= 0.3 is 17.9 Å². The molecule has 1 N–H and O–H groups in total. The highest BCUT2D eigenvalue weighted by Crippen LogP contribution is 2.21. The molecule has 0 amide bonds. The molecule has 0 aromatic heterocycles. The van der Waals surface area contributed by atoms with Crippen molar-refractivity contribution >= 4 is 17.9 Å². The number of carbonyl (C=O) groups is 3. The Balaban J connectivity index is 4.54. The number of ether oxygens (including phenoxy) is 3. The maximum absolute atomic E-state index is 12.6. The fourth-order valence-corrected chi connectivity index (χ4v) is 3.93. The van der Waals surface area contributed by atoms with Crippen LogP contribution in [-0.4, -0.2) is 48.4 Å². The molecule has 36 heavy (non-hydrogen) atoms. The number of esters is 3. The van der Waals surface area contributed by atoms with Gasteiger partial charge < -0.3 is 19.3 Å². The molecule has 0 bridgehead atoms. The maximum atomic E-state index is 12.6. The fourth-order valence-electron chi connectivity index (χ4n) is 3.93. The average molecular weight is 515 g/mol. The lowest BCUT2D eigenvalue weighted by Crippen LogP contribution is -2.45. The van der Waals surface area contributed by atoms with Gasteiger partial charge in [0.05, 0.1) is 32.7 Å². The first-order chi connectivity index (χ1) is 17.4. The van der Waals surface area contributed by atoms with E-state index in [0.29, 0.717) is 6.42 Å². The summed E-state index contributed by atoms with van der Waals surface area (Å²) in [5.41, 5.74) is -2.28. The molecular weight excluding hydrogens is 460 g/mol. The summed E-state index contributed by atoms with van der Waals surface area (Å²) in [6, 6.07) is 0. The van der Waals surface area contributed by atoms with E-state index in [4.69, 9.17) is 14.2 Å². The van der Waals surface area contributed by atoms with Gasteiger partial charge in [-0.05, 0) is 19.3 Å². The van der Waals surface area contributed by atoms with E-state index in [9.17, 15) is 19.5 Å². The standard InChI is InChI=1S/C29H54O7/c1-4-7-10-12-14-16-19-21-34-26(30)24-29(33,28(32)36-23-18-9-6-3)25-27(31)35-22-20-17-15-13-11-8-5-2/h33H,4-25H2,1-3H3. The van der Waals surface area contributed by atoms with Crippen LogP contribution in [0.2, 0.25) is 0 Å². The number of carbonyl (C=O) groups excluding carboxylic acids is 3. The van der Waals surface area contributed by atoms with E-state index in [2.05, 4.69) is 13.8 Å². The summed E-state index contributed by atoms with van der Waals surface area (Å²) in [5.74, 6) is -2.40. The predicted octanol–water partition coefficient (Wildman–Crippen LogP) is 6.82. The zero-order chi connectivity index (χ0) is 26.9. The Morgan fingerprint density at radius 2 is 0.806 bits per heavy atom. The van der Waals surface area contributed by atoms with Gasteiger partial charge in [0.2, 0.25) is 0 Å². The van der Waals surface area contributed by atoms with Gasteiger partial charge in [-0.15, -0.1) is 0 Å². The summed E-state index contributed by atoms with van der Waals surface area (Å²) >= 11 is 0. The highest BCUT2D eigenvalue weighted by atomic mass is 16.6. The Labute approximate surface area is 220 Å². The summed E-state index contributed by atoms with van der Waals surface area (Å²) in [7, 11) is 0. The van der Waals surface area contributed by atoms with Crippen LogP contribution in [0, 0.1) is 0 Å². The third-order valence-electron chi connectivity index (χ3n) is 6.26. The number of hydrogen-bond acceptors (Lipinski definition) is 7. The minimum atomic E-state index is -2.28. The van der Waals surface area contributed by atoms with Gasteiger partial charge in [-0.25, -0.2) is 4.79 Å². The van der Waals surface area contributed by atoms with E-state index in [1.165, 1.54) is 51.4 Å². The average Bonchev–Trinajstić information content (AvgIpc) is 2.84. The van der Waals surface area contributed by atoms with Crippen molar-refractivity contribution in [2.45, 2.75) is 148 Å². The molecule has 0 saturated carbocycles. The Morgan fingerprint density at radius 1 is 0.500 bits per heavy atom. The van der Waals surface area contributed by atoms with Crippen LogP contribution >= 0.6 is 0 Å². The molecule has 212 valence electrons. The van der Waals surface area contributed by atoms with Gasteiger partial charge in [0.25, 0.3) is 0 Å². The second-order valence-electron chi connectivity index (χ2n) is 9.91. The van der Waals surface area contributed by atoms with Crippen molar-refractivity contribution in [1.29, 1.82) is 0 Å². The predicted molar refractivity (Wildman–Crippen MR) is 143 cm³/mol. The Morgan fingerprint density at radius 3 is 1.22 bits per heavy atom. The zero-order valence-corrected chi connectivity index (χ0v) is 23.5. The highest BCUT2D eigenvalue weighted by Gasteiger charge is 2.43. The third kappa shape index (κ3) is 19.5. The normalized spacial score (nSPS) is 11.3. The topological polar surface area (TPSA) is 99.1 Å². The van der Waals surface area contributed by atoms with Crippen LogP contribution in [0.3, 0.4) is 0 Å². The van der Waals surface area contributed by atoms with Gasteiger partial charge in [-0.1, -0.05) is 111 Å². The molecule has 0 aliphatic heterocycles. The van der Waals surface area contributed by atoms with Crippen molar-refractivity contribution in [2.24, 2.45) is 0 Å². The summed E-state index contributed by atoms with van der Waals surface area (Å²) in [5, 5.41) is 10.9. The third-order valence-corrected chi connectivity index (χ3v) is 6.26. The Hall–Kier alpha value is -1.63. The molecule has 0 fully saturated rings. The lowest BCUT2D eigenvalue weighted by molar-refractivity contribution is -0.178. The van der Waals surface area contributed by atoms with E-state index >= 15 is 0 Å². The quantitative estimate of drug-likeness (QED) is 0.0810. The zero-order valence-electron chi connectivity index (χ0n) is 23.5. The molecule has 0 radical (unpaired) electrons. The van der Waals surface area contributed by atoms with Crippen molar-refractivity contribution in [2.75, 3.05) is 19.8 Å². The largest absolute Gasteiger partial charge is 0.466 e. The SMILES string of the molecule is CCCCCCCCCOC(=O)CC(O)(CC(=O)OCCCCCCCCC)C(=O)OCCCCC. The monoisotopic (exact) mass is 514 g/mol. The smallest absolute Gasteiger partial charge is 0.339 e. The molecule has 0 atom stereocenters. The van der Waals surface area contributed by atoms with Gasteiger partial charge in [0.15, 0.2) is 5.60 Å². The van der Waals surface area contributed by atoms with Crippen LogP contribution in [-0.2, 0) is 28.6 Å². The first kappa shape index (κ1) is 34.4. The van der Waals surface area contributed by atoms with Crippen LogP contribution in [0.4, 0.5) is 0 Å². The van der Waals surface area contributed by atoms with E-state index in [0.717, 1.165) is 51.4 Å². The molecule has 0 unspecified atom stereocenters. The molecule has 7 nitrogen and oxygen atoms in total. The lowest BCUT2D eigenvalue weighted by Gasteiger charge is -2.24. The second kappa shape index (κ2) is 23.7. The second-order valence-corrected chi connectivity index (χ2v) is 9.91. The van der Waals surface area contributed by atoms with E-state index in [1.54, 1.807) is 0 Å². The molecule has 0 aromatic carbocycles. The van der Waals surface area contributed by atoms with Gasteiger partial charge in [0, 0.05) is 0 Å². The van der Waals surface area contributed by atoms with Crippen LogP contribution in [0.15, 0.2) is 0 Å². The maximum Gasteiger partial charge on any atom is 0.339 e. The van der Waals surface area contributed by atoms with Gasteiger partial charge in [-0.3, -0.25) is 9.59 Å². The molecule has 0 spiro atoms. The Bertz CT molecular complexity index is 528. The number of aliphatic hydroxyl groups is 1. The molecular formula is C29H54O7. The number of rotatable bonds is 25. The Kier molecular flexibility index (Phi) is 22.7. The van der Waals surface area contributed by atoms with E-state index in [-0.39, 0.29) is 19.8 Å². The van der Waals surface area contributed by atoms with Crippen molar-refractivity contribution in [3.8, 4) is 0 Å². The van der Waals surface area contributed by atoms with E-state index < -0.39 is 36.4 Å². The summed E-state index contributed by atoms with van der Waals surface area (Å²) in [6.07, 6.45) is 16.5. The lowest BCUT2D eigenvalue weighted by atomic mass is 9.95. The molecule has 0 saturated heterocycles. The fraction of sp³-hybridized carbons (Fsp3) is 0.897. The van der Waals surface area contributed by atoms with Gasteiger partial charge in [0.1, 0.15) is 0 Å². The summed E-state index contributed by atoms with van der Waals surface area (Å²) < 4.78 is 15.7. The summed E-state index contributed by atoms with van der Waals surface area (Å²) in [4.78, 5) is 37.3. The van der Waals surface area contributed by atoms with Crippen LogP contribution < -0.4 is 0 Å². The molecule has 0 aliphatic carbocycles. The highest BCUT2D eigenvalue weighted by molar-refractivity contribution is 5.90. The first-order valence-electron chi connectivity index (χ1n) is 14.6. The number of unbranched alkanes of at least 4 members (excludes halogenated alkanes) is 14. The van der Waals surface area contributed by atoms with Crippen molar-refractivity contribution in [1.82, 2.24) is 0 Å². The minimum Gasteiger partial charge on any atom is -0.466 e. The first-order valence-corrected chi connectivity index (χ1v) is 14.6. The van der Waals surface area contributed by atoms with Gasteiger partial charge in [-0.2, -0.15) is 0 Å². The van der Waals surface area contributed by atoms with Crippen LogP contribution in [0.1, 0.15) is 143 Å². The number of hydrogen-bond donors (Lipinski definition) is 1. The molecule has 0 heterocycles. The molecule has 0 aromatic rings. The van der Waals surface area contributed by atoms with Crippen molar-refractivity contribution in [3.05, 3.63) is 0 Å². The molecule has 7 heteroatoms. The summed E-state index contributed by atoms with van der Waals surface area (Å²) in [6.45, 7) is 6.99. The molecule has 0 rings (SSSR count). The van der Waals surface area contributed by atoms with Crippen molar-refractivity contribution < 1.29 is 33.7 Å².